The zero-order valence-corrected chi connectivity index (χ0v) is 11.9. The predicted molar refractivity (Wildman–Crippen MR) is 69.2 cm³/mol. The number of carboxylic acid groups (broad SMARTS) is 1. The van der Waals surface area contributed by atoms with E-state index < -0.39 is 5.97 Å². The molecule has 1 heterocycles. The van der Waals surface area contributed by atoms with Crippen molar-refractivity contribution >= 4 is 5.97 Å². The molecule has 1 saturated heterocycles. The summed E-state index contributed by atoms with van der Waals surface area (Å²) in [6.07, 6.45) is 0.221. The molecule has 1 atom stereocenters. The molecule has 0 aromatic carbocycles. The first-order chi connectivity index (χ1) is 7.54. The van der Waals surface area contributed by atoms with Crippen LogP contribution in [0.25, 0.3) is 0 Å². The second-order valence-electron chi connectivity index (χ2n) is 6.76. The Morgan fingerprint density at radius 2 is 1.94 bits per heavy atom. The molecular weight excluding hydrogens is 216 g/mol. The molecule has 1 aliphatic rings. The Labute approximate surface area is 105 Å². The molecule has 0 aliphatic carbocycles. The minimum Gasteiger partial charge on any atom is -0.481 e. The number of nitrogens with zero attached hydrogens (tertiary/aromatic N) is 2. The normalized spacial score (nSPS) is 27.1. The lowest BCUT2D eigenvalue weighted by molar-refractivity contribution is -0.140. The maximum atomic E-state index is 10.9. The van der Waals surface area contributed by atoms with E-state index in [-0.39, 0.29) is 23.5 Å². The zero-order valence-electron chi connectivity index (χ0n) is 11.9. The highest BCUT2D eigenvalue weighted by atomic mass is 16.4. The van der Waals surface area contributed by atoms with Crippen LogP contribution in [0, 0.1) is 0 Å². The molecule has 1 aliphatic heterocycles. The molecule has 0 spiro atoms. The van der Waals surface area contributed by atoms with Gasteiger partial charge in [-0.1, -0.05) is 0 Å². The van der Waals surface area contributed by atoms with Crippen molar-refractivity contribution in [3.8, 4) is 0 Å². The fourth-order valence-electron chi connectivity index (χ4n) is 3.03. The smallest absolute Gasteiger partial charge is 0.304 e. The molecule has 0 amide bonds. The number of carboxylic acids is 1. The predicted octanol–water partition coefficient (Wildman–Crippen LogP) is 1.65. The van der Waals surface area contributed by atoms with E-state index in [2.05, 4.69) is 44.4 Å². The Hall–Kier alpha value is -0.610. The molecule has 17 heavy (non-hydrogen) atoms. The third-order valence-electron chi connectivity index (χ3n) is 3.60. The van der Waals surface area contributed by atoms with Crippen LogP contribution in [0.4, 0.5) is 0 Å². The molecule has 1 N–H and O–H groups in total. The molecule has 0 bridgehead atoms. The van der Waals surface area contributed by atoms with Crippen molar-refractivity contribution in [3.05, 3.63) is 0 Å². The summed E-state index contributed by atoms with van der Waals surface area (Å²) in [7, 11) is 2.02. The molecule has 0 aromatic rings. The summed E-state index contributed by atoms with van der Waals surface area (Å²) < 4.78 is 0. The number of hydrogen-bond donors (Lipinski definition) is 1. The summed E-state index contributed by atoms with van der Waals surface area (Å²) in [5.41, 5.74) is 0.156. The summed E-state index contributed by atoms with van der Waals surface area (Å²) in [6.45, 7) is 12.8. The van der Waals surface area contributed by atoms with Gasteiger partial charge in [-0.15, -0.1) is 0 Å². The lowest BCUT2D eigenvalue weighted by atomic mass is 9.89. The van der Waals surface area contributed by atoms with Crippen molar-refractivity contribution < 1.29 is 9.90 Å². The first-order valence-electron chi connectivity index (χ1n) is 6.24. The van der Waals surface area contributed by atoms with Crippen LogP contribution in [0.2, 0.25) is 0 Å². The molecule has 1 rings (SSSR count). The fraction of sp³-hybridized carbons (Fsp3) is 0.923. The van der Waals surface area contributed by atoms with E-state index in [9.17, 15) is 4.79 Å². The van der Waals surface area contributed by atoms with Crippen LogP contribution < -0.4 is 0 Å². The van der Waals surface area contributed by atoms with Gasteiger partial charge in [0.15, 0.2) is 0 Å². The molecule has 1 fully saturated rings. The highest BCUT2D eigenvalue weighted by molar-refractivity contribution is 5.67. The highest BCUT2D eigenvalue weighted by Crippen LogP contribution is 2.31. The maximum Gasteiger partial charge on any atom is 0.304 e. The zero-order chi connectivity index (χ0) is 13.4. The van der Waals surface area contributed by atoms with Crippen LogP contribution >= 0.6 is 0 Å². The van der Waals surface area contributed by atoms with Crippen molar-refractivity contribution in [1.82, 2.24) is 9.80 Å². The van der Waals surface area contributed by atoms with E-state index in [1.165, 1.54) is 0 Å². The monoisotopic (exact) mass is 242 g/mol. The Kier molecular flexibility index (Phi) is 3.89. The second kappa shape index (κ2) is 4.58. The largest absolute Gasteiger partial charge is 0.481 e. The van der Waals surface area contributed by atoms with Gasteiger partial charge in [0.1, 0.15) is 0 Å². The number of likely N-dealkylation sites (N-methyl/N-ethyl adjacent to an activating group) is 1. The number of rotatable bonds is 2. The second-order valence-corrected chi connectivity index (χ2v) is 6.76. The van der Waals surface area contributed by atoms with Crippen molar-refractivity contribution in [2.75, 3.05) is 20.1 Å². The van der Waals surface area contributed by atoms with E-state index in [1.54, 1.807) is 0 Å². The van der Waals surface area contributed by atoms with Gasteiger partial charge in [0.05, 0.1) is 6.42 Å². The average Bonchev–Trinajstić information content (AvgIpc) is 2.05. The first kappa shape index (κ1) is 14.5. The molecule has 4 heteroatoms. The van der Waals surface area contributed by atoms with Gasteiger partial charge >= 0.3 is 5.97 Å². The van der Waals surface area contributed by atoms with E-state index in [0.29, 0.717) is 0 Å². The summed E-state index contributed by atoms with van der Waals surface area (Å²) in [5, 5.41) is 8.96. The van der Waals surface area contributed by atoms with Crippen LogP contribution in [0.3, 0.4) is 0 Å². The van der Waals surface area contributed by atoms with Crippen molar-refractivity contribution in [3.63, 3.8) is 0 Å². The third kappa shape index (κ3) is 3.42. The molecule has 4 nitrogen and oxygen atoms in total. The van der Waals surface area contributed by atoms with Crippen LogP contribution in [-0.4, -0.2) is 58.1 Å². The van der Waals surface area contributed by atoms with Gasteiger partial charge in [0.25, 0.3) is 0 Å². The van der Waals surface area contributed by atoms with Gasteiger partial charge < -0.3 is 5.11 Å². The van der Waals surface area contributed by atoms with Gasteiger partial charge in [-0.3, -0.25) is 14.6 Å². The van der Waals surface area contributed by atoms with Gasteiger partial charge in [0.2, 0.25) is 0 Å². The SMILES string of the molecule is CN1CC(C)(C)N(C(C)(C)C)CC1CC(=O)O. The Bertz CT molecular complexity index is 294. The lowest BCUT2D eigenvalue weighted by Gasteiger charge is -2.55. The summed E-state index contributed by atoms with van der Waals surface area (Å²) in [6, 6.07) is 0.111. The molecular formula is C13H26N2O2. The molecule has 0 saturated carbocycles. The molecule has 0 radical (unpaired) electrons. The number of piperazine rings is 1. The number of hydrogen-bond acceptors (Lipinski definition) is 3. The number of aliphatic carboxylic acids is 1. The van der Waals surface area contributed by atoms with Crippen LogP contribution in [0.1, 0.15) is 41.0 Å². The molecule has 0 aromatic heterocycles. The first-order valence-corrected chi connectivity index (χ1v) is 6.24. The number of carbonyl (C=O) groups is 1. The van der Waals surface area contributed by atoms with E-state index in [1.807, 2.05) is 7.05 Å². The van der Waals surface area contributed by atoms with Crippen LogP contribution in [0.15, 0.2) is 0 Å². The van der Waals surface area contributed by atoms with Gasteiger partial charge in [-0.2, -0.15) is 0 Å². The topological polar surface area (TPSA) is 43.8 Å². The van der Waals surface area contributed by atoms with E-state index >= 15 is 0 Å². The molecule has 1 unspecified atom stereocenters. The van der Waals surface area contributed by atoms with Gasteiger partial charge in [-0.25, -0.2) is 0 Å². The summed E-state index contributed by atoms with van der Waals surface area (Å²) in [5.74, 6) is -0.713. The van der Waals surface area contributed by atoms with Gasteiger partial charge in [0, 0.05) is 30.2 Å². The van der Waals surface area contributed by atoms with Crippen molar-refractivity contribution in [2.24, 2.45) is 0 Å². The lowest BCUT2D eigenvalue weighted by Crippen LogP contribution is -2.67. The highest BCUT2D eigenvalue weighted by Gasteiger charge is 2.42. The average molecular weight is 242 g/mol. The Morgan fingerprint density at radius 1 is 1.41 bits per heavy atom. The van der Waals surface area contributed by atoms with Crippen LogP contribution in [0.5, 0.6) is 0 Å². The quantitative estimate of drug-likeness (QED) is 0.799. The Morgan fingerprint density at radius 3 is 2.35 bits per heavy atom. The minimum atomic E-state index is -0.713. The maximum absolute atomic E-state index is 10.9. The van der Waals surface area contributed by atoms with E-state index in [4.69, 9.17) is 5.11 Å². The van der Waals surface area contributed by atoms with Crippen molar-refractivity contribution in [1.29, 1.82) is 0 Å². The standard InChI is InChI=1S/C13H26N2O2/c1-12(2,3)15-8-10(7-11(16)17)14(6)9-13(15,4)5/h10H,7-9H2,1-6H3,(H,16,17). The summed E-state index contributed by atoms with van der Waals surface area (Å²) in [4.78, 5) is 15.5. The fourth-order valence-corrected chi connectivity index (χ4v) is 3.03. The van der Waals surface area contributed by atoms with E-state index in [0.717, 1.165) is 13.1 Å². The van der Waals surface area contributed by atoms with Crippen LogP contribution in [-0.2, 0) is 4.79 Å². The third-order valence-corrected chi connectivity index (χ3v) is 3.60. The Balaban J connectivity index is 2.87. The van der Waals surface area contributed by atoms with Gasteiger partial charge in [-0.05, 0) is 41.7 Å². The summed E-state index contributed by atoms with van der Waals surface area (Å²) >= 11 is 0. The minimum absolute atomic E-state index is 0.0709. The van der Waals surface area contributed by atoms with Crippen molar-refractivity contribution in [2.45, 2.75) is 58.2 Å². The molecule has 100 valence electrons.